The fourth-order valence-electron chi connectivity index (χ4n) is 2.84. The minimum absolute atomic E-state index is 0.0762. The molecule has 0 unspecified atom stereocenters. The summed E-state index contributed by atoms with van der Waals surface area (Å²) in [6, 6.07) is 10.3. The molecule has 5 nitrogen and oxygen atoms in total. The summed E-state index contributed by atoms with van der Waals surface area (Å²) in [7, 11) is 0. The van der Waals surface area contributed by atoms with Gasteiger partial charge in [0.2, 0.25) is 5.91 Å². The van der Waals surface area contributed by atoms with E-state index in [1.807, 2.05) is 30.3 Å². The van der Waals surface area contributed by atoms with Crippen LogP contribution in [0.25, 0.3) is 0 Å². The molecule has 1 aromatic carbocycles. The Morgan fingerprint density at radius 1 is 1.25 bits per heavy atom. The van der Waals surface area contributed by atoms with Gasteiger partial charge in [-0.15, -0.1) is 10.2 Å². The predicted octanol–water partition coefficient (Wildman–Crippen LogP) is 3.29. The quantitative estimate of drug-likeness (QED) is 0.785. The third-order valence-corrected chi connectivity index (χ3v) is 5.73. The molecule has 6 heteroatoms. The maximum Gasteiger partial charge on any atom is 0.238 e. The highest BCUT2D eigenvalue weighted by molar-refractivity contribution is 8.00. The molecular formula is C18H22N4OS. The summed E-state index contributed by atoms with van der Waals surface area (Å²) in [5, 5.41) is 12.5. The minimum Gasteiger partial charge on any atom is -0.352 e. The van der Waals surface area contributed by atoms with E-state index in [0.717, 1.165) is 35.9 Å². The van der Waals surface area contributed by atoms with Crippen LogP contribution in [0.15, 0.2) is 35.5 Å². The van der Waals surface area contributed by atoms with E-state index in [2.05, 4.69) is 27.0 Å². The lowest BCUT2D eigenvalue weighted by atomic mass is 10.1. The Bertz CT molecular complexity index is 722. The molecule has 0 bridgehead atoms. The van der Waals surface area contributed by atoms with Crippen LogP contribution >= 0.6 is 11.8 Å². The second kappa shape index (κ2) is 6.59. The zero-order valence-corrected chi connectivity index (χ0v) is 14.6. The van der Waals surface area contributed by atoms with Gasteiger partial charge >= 0.3 is 0 Å². The largest absolute Gasteiger partial charge is 0.352 e. The first-order chi connectivity index (χ1) is 11.8. The molecule has 2 aliphatic rings. The molecule has 2 aliphatic carbocycles. The van der Waals surface area contributed by atoms with Gasteiger partial charge in [0.25, 0.3) is 0 Å². The first-order valence-electron chi connectivity index (χ1n) is 8.71. The molecule has 1 amide bonds. The average Bonchev–Trinajstić information content (AvgIpc) is 3.53. The zero-order valence-electron chi connectivity index (χ0n) is 13.8. The van der Waals surface area contributed by atoms with Crippen molar-refractivity contribution in [1.29, 1.82) is 0 Å². The van der Waals surface area contributed by atoms with Crippen LogP contribution in [0.3, 0.4) is 0 Å². The van der Waals surface area contributed by atoms with Crippen molar-refractivity contribution in [2.45, 2.75) is 61.5 Å². The fourth-order valence-corrected chi connectivity index (χ4v) is 3.96. The SMILES string of the molecule is CCn1c(S[C@H](C(=O)NC2CC2)c2ccccc2)nnc1C1CC1. The van der Waals surface area contributed by atoms with Crippen LogP contribution in [0.1, 0.15) is 55.2 Å². The Labute approximate surface area is 146 Å². The van der Waals surface area contributed by atoms with E-state index in [-0.39, 0.29) is 11.2 Å². The van der Waals surface area contributed by atoms with Gasteiger partial charge < -0.3 is 9.88 Å². The molecule has 24 heavy (non-hydrogen) atoms. The highest BCUT2D eigenvalue weighted by atomic mass is 32.2. The standard InChI is InChI=1S/C18H22N4OS/c1-2-22-16(13-8-9-13)20-21-18(22)24-15(12-6-4-3-5-7-12)17(23)19-14-10-11-14/h3-7,13-15H,2,8-11H2,1H3,(H,19,23)/t15-/m0/s1. The van der Waals surface area contributed by atoms with Crippen molar-refractivity contribution in [2.75, 3.05) is 0 Å². The van der Waals surface area contributed by atoms with E-state index < -0.39 is 0 Å². The number of benzene rings is 1. The third-order valence-electron chi connectivity index (χ3n) is 4.49. The number of nitrogens with zero attached hydrogens (tertiary/aromatic N) is 3. The fraction of sp³-hybridized carbons (Fsp3) is 0.500. The van der Waals surface area contributed by atoms with Crippen molar-refractivity contribution in [1.82, 2.24) is 20.1 Å². The van der Waals surface area contributed by atoms with Crippen molar-refractivity contribution < 1.29 is 4.79 Å². The first kappa shape index (κ1) is 15.7. The number of nitrogens with one attached hydrogen (secondary N) is 1. The van der Waals surface area contributed by atoms with Gasteiger partial charge in [0.1, 0.15) is 11.1 Å². The highest BCUT2D eigenvalue weighted by Gasteiger charge is 2.33. The topological polar surface area (TPSA) is 59.8 Å². The van der Waals surface area contributed by atoms with Crippen molar-refractivity contribution in [3.63, 3.8) is 0 Å². The lowest BCUT2D eigenvalue weighted by Gasteiger charge is -2.17. The van der Waals surface area contributed by atoms with E-state index >= 15 is 0 Å². The summed E-state index contributed by atoms with van der Waals surface area (Å²) >= 11 is 1.51. The van der Waals surface area contributed by atoms with Crippen LogP contribution in [0.2, 0.25) is 0 Å². The summed E-state index contributed by atoms with van der Waals surface area (Å²) in [6.07, 6.45) is 4.59. The molecule has 1 N–H and O–H groups in total. The van der Waals surface area contributed by atoms with E-state index in [9.17, 15) is 4.79 Å². The monoisotopic (exact) mass is 342 g/mol. The molecular weight excluding hydrogens is 320 g/mol. The Kier molecular flexibility index (Phi) is 4.31. The van der Waals surface area contributed by atoms with Gasteiger partial charge in [0.15, 0.2) is 5.16 Å². The van der Waals surface area contributed by atoms with Crippen molar-refractivity contribution in [2.24, 2.45) is 0 Å². The van der Waals surface area contributed by atoms with Gasteiger partial charge in [-0.05, 0) is 38.2 Å². The lowest BCUT2D eigenvalue weighted by molar-refractivity contribution is -0.120. The minimum atomic E-state index is -0.284. The van der Waals surface area contributed by atoms with Crippen molar-refractivity contribution in [3.05, 3.63) is 41.7 Å². The number of hydrogen-bond donors (Lipinski definition) is 1. The molecule has 1 heterocycles. The van der Waals surface area contributed by atoms with E-state index in [0.29, 0.717) is 12.0 Å². The number of carbonyl (C=O) groups is 1. The molecule has 2 aromatic rings. The molecule has 0 aliphatic heterocycles. The smallest absolute Gasteiger partial charge is 0.238 e. The van der Waals surface area contributed by atoms with Crippen LogP contribution < -0.4 is 5.32 Å². The molecule has 1 atom stereocenters. The number of thioether (sulfide) groups is 1. The normalized spacial score (nSPS) is 18.4. The summed E-state index contributed by atoms with van der Waals surface area (Å²) in [5.74, 6) is 1.71. The highest BCUT2D eigenvalue weighted by Crippen LogP contribution is 2.42. The second-order valence-electron chi connectivity index (χ2n) is 6.55. The van der Waals surface area contributed by atoms with Crippen LogP contribution in [-0.4, -0.2) is 26.7 Å². The van der Waals surface area contributed by atoms with Crippen molar-refractivity contribution >= 4 is 17.7 Å². The first-order valence-corrected chi connectivity index (χ1v) is 9.59. The van der Waals surface area contributed by atoms with E-state index in [1.54, 1.807) is 0 Å². The number of amides is 1. The van der Waals surface area contributed by atoms with Gasteiger partial charge in [0, 0.05) is 18.5 Å². The predicted molar refractivity (Wildman–Crippen MR) is 93.9 cm³/mol. The van der Waals surface area contributed by atoms with Gasteiger partial charge in [-0.1, -0.05) is 42.1 Å². The number of hydrogen-bond acceptors (Lipinski definition) is 4. The molecule has 4 rings (SSSR count). The van der Waals surface area contributed by atoms with Crippen LogP contribution in [0.5, 0.6) is 0 Å². The summed E-state index contributed by atoms with van der Waals surface area (Å²) in [6.45, 7) is 2.95. The van der Waals surface area contributed by atoms with Gasteiger partial charge in [0.05, 0.1) is 0 Å². The maximum absolute atomic E-state index is 12.8. The molecule has 1 aromatic heterocycles. The molecule has 2 fully saturated rings. The molecule has 0 spiro atoms. The van der Waals surface area contributed by atoms with Crippen LogP contribution in [0, 0.1) is 0 Å². The summed E-state index contributed by atoms with van der Waals surface area (Å²) in [4.78, 5) is 12.8. The van der Waals surface area contributed by atoms with Gasteiger partial charge in [-0.3, -0.25) is 4.79 Å². The Hall–Kier alpha value is -1.82. The van der Waals surface area contributed by atoms with Crippen LogP contribution in [0.4, 0.5) is 0 Å². The summed E-state index contributed by atoms with van der Waals surface area (Å²) in [5.41, 5.74) is 1.01. The van der Waals surface area contributed by atoms with Crippen molar-refractivity contribution in [3.8, 4) is 0 Å². The third kappa shape index (κ3) is 3.34. The van der Waals surface area contributed by atoms with E-state index in [4.69, 9.17) is 0 Å². The molecule has 0 saturated heterocycles. The Morgan fingerprint density at radius 3 is 2.62 bits per heavy atom. The van der Waals surface area contributed by atoms with Gasteiger partial charge in [-0.25, -0.2) is 0 Å². The maximum atomic E-state index is 12.8. The molecule has 0 radical (unpaired) electrons. The van der Waals surface area contributed by atoms with E-state index in [1.165, 1.54) is 24.6 Å². The van der Waals surface area contributed by atoms with Gasteiger partial charge in [-0.2, -0.15) is 0 Å². The lowest BCUT2D eigenvalue weighted by Crippen LogP contribution is -2.30. The average molecular weight is 342 g/mol. The van der Waals surface area contributed by atoms with Crippen LogP contribution in [-0.2, 0) is 11.3 Å². The second-order valence-corrected chi connectivity index (χ2v) is 7.62. The molecule has 126 valence electrons. The summed E-state index contributed by atoms with van der Waals surface area (Å²) < 4.78 is 2.17. The number of carbonyl (C=O) groups excluding carboxylic acids is 1. The molecule has 2 saturated carbocycles. The number of aromatic nitrogens is 3. The number of rotatable bonds is 7. The Balaban J connectivity index is 1.60. The Morgan fingerprint density at radius 2 is 2.00 bits per heavy atom. The zero-order chi connectivity index (χ0) is 16.5.